The third-order valence-corrected chi connectivity index (χ3v) is 3.67. The number of hydrogen-bond donors (Lipinski definition) is 2. The fraction of sp³-hybridized carbons (Fsp3) is 0.364. The molecule has 1 amide bonds. The number of carbonyl (C=O) groups excluding carboxylic acids is 1. The summed E-state index contributed by atoms with van der Waals surface area (Å²) in [5, 5.41) is 18.5. The summed E-state index contributed by atoms with van der Waals surface area (Å²) in [6.45, 7) is 3.49. The molecule has 0 aliphatic heterocycles. The molecule has 0 bridgehead atoms. The number of nitrogens with zero attached hydrogens (tertiary/aromatic N) is 1. The van der Waals surface area contributed by atoms with Crippen molar-refractivity contribution >= 4 is 21.6 Å². The highest BCUT2D eigenvalue weighted by Gasteiger charge is 2.24. The van der Waals surface area contributed by atoms with E-state index in [4.69, 9.17) is 5.14 Å². The van der Waals surface area contributed by atoms with Crippen molar-refractivity contribution in [3.8, 4) is 0 Å². The van der Waals surface area contributed by atoms with Gasteiger partial charge in [-0.1, -0.05) is 6.92 Å². The molecule has 0 saturated heterocycles. The van der Waals surface area contributed by atoms with E-state index in [1.165, 1.54) is 6.92 Å². The van der Waals surface area contributed by atoms with Gasteiger partial charge in [-0.05, 0) is 19.4 Å². The van der Waals surface area contributed by atoms with E-state index in [1.807, 2.05) is 6.92 Å². The lowest BCUT2D eigenvalue weighted by atomic mass is 10.1. The first-order valence-electron chi connectivity index (χ1n) is 5.78. The van der Waals surface area contributed by atoms with E-state index in [1.54, 1.807) is 0 Å². The number of amides is 1. The van der Waals surface area contributed by atoms with Crippen LogP contribution in [0.2, 0.25) is 0 Å². The number of nitrogens with two attached hydrogens (primary N) is 1. The third kappa shape index (κ3) is 3.52. The highest BCUT2D eigenvalue weighted by molar-refractivity contribution is 7.89. The van der Waals surface area contributed by atoms with Crippen molar-refractivity contribution in [2.24, 2.45) is 5.14 Å². The largest absolute Gasteiger partial charge is 0.352 e. The van der Waals surface area contributed by atoms with Crippen molar-refractivity contribution < 1.29 is 18.1 Å². The smallest absolute Gasteiger partial charge is 0.274 e. The minimum absolute atomic E-state index is 0.0930. The molecule has 0 spiro atoms. The Balaban J connectivity index is 3.45. The number of primary sulfonamides is 1. The molecular weight excluding hydrogens is 286 g/mol. The number of nitro benzene ring substituents is 1. The van der Waals surface area contributed by atoms with Gasteiger partial charge in [-0.15, -0.1) is 0 Å². The van der Waals surface area contributed by atoms with Gasteiger partial charge in [0, 0.05) is 23.7 Å². The zero-order valence-electron chi connectivity index (χ0n) is 11.0. The highest BCUT2D eigenvalue weighted by atomic mass is 32.2. The summed E-state index contributed by atoms with van der Waals surface area (Å²) in [4.78, 5) is 21.6. The average molecular weight is 301 g/mol. The van der Waals surface area contributed by atoms with Crippen LogP contribution in [0.15, 0.2) is 17.0 Å². The number of carbonyl (C=O) groups is 1. The molecule has 1 aromatic rings. The standard InChI is InChI=1S/C11H15N3O5S/c1-3-4-13-11(15)8-5-9(14(16)17)7(2)10(6-8)20(12,18)19/h5-6H,3-4H2,1-2H3,(H,13,15)(H2,12,18,19). The molecule has 0 atom stereocenters. The molecule has 0 heterocycles. The van der Waals surface area contributed by atoms with E-state index in [9.17, 15) is 23.3 Å². The quantitative estimate of drug-likeness (QED) is 0.610. The van der Waals surface area contributed by atoms with Crippen LogP contribution in [0.25, 0.3) is 0 Å². The second kappa shape index (κ2) is 5.97. The second-order valence-electron chi connectivity index (χ2n) is 4.18. The molecule has 20 heavy (non-hydrogen) atoms. The summed E-state index contributed by atoms with van der Waals surface area (Å²) >= 11 is 0. The summed E-state index contributed by atoms with van der Waals surface area (Å²) in [7, 11) is -4.15. The normalized spacial score (nSPS) is 11.2. The van der Waals surface area contributed by atoms with Crippen molar-refractivity contribution in [3.05, 3.63) is 33.4 Å². The van der Waals surface area contributed by atoms with Gasteiger partial charge in [0.25, 0.3) is 11.6 Å². The summed E-state index contributed by atoms with van der Waals surface area (Å²) < 4.78 is 22.9. The van der Waals surface area contributed by atoms with Gasteiger partial charge in [0.2, 0.25) is 10.0 Å². The van der Waals surface area contributed by atoms with Crippen LogP contribution in [-0.2, 0) is 10.0 Å². The van der Waals surface area contributed by atoms with Gasteiger partial charge in [-0.2, -0.15) is 0 Å². The van der Waals surface area contributed by atoms with Crippen LogP contribution in [0.5, 0.6) is 0 Å². The number of sulfonamides is 1. The van der Waals surface area contributed by atoms with Gasteiger partial charge in [0.15, 0.2) is 0 Å². The topological polar surface area (TPSA) is 132 Å². The molecule has 1 rings (SSSR count). The Morgan fingerprint density at radius 3 is 2.50 bits per heavy atom. The van der Waals surface area contributed by atoms with Gasteiger partial charge in [0.05, 0.1) is 9.82 Å². The van der Waals surface area contributed by atoms with Crippen LogP contribution < -0.4 is 10.5 Å². The molecule has 0 aliphatic carbocycles. The Kier molecular flexibility index (Phi) is 4.79. The van der Waals surface area contributed by atoms with E-state index in [0.717, 1.165) is 12.1 Å². The molecule has 9 heteroatoms. The molecule has 110 valence electrons. The van der Waals surface area contributed by atoms with Crippen molar-refractivity contribution in [2.75, 3.05) is 6.54 Å². The minimum Gasteiger partial charge on any atom is -0.352 e. The molecule has 0 fully saturated rings. The lowest BCUT2D eigenvalue weighted by Crippen LogP contribution is -2.25. The maximum absolute atomic E-state index is 11.8. The van der Waals surface area contributed by atoms with Gasteiger partial charge in [-0.3, -0.25) is 14.9 Å². The van der Waals surface area contributed by atoms with E-state index < -0.39 is 31.4 Å². The highest BCUT2D eigenvalue weighted by Crippen LogP contribution is 2.26. The molecule has 0 unspecified atom stereocenters. The van der Waals surface area contributed by atoms with Gasteiger partial charge >= 0.3 is 0 Å². The summed E-state index contributed by atoms with van der Waals surface area (Å²) in [6.07, 6.45) is 0.682. The number of hydrogen-bond acceptors (Lipinski definition) is 5. The number of rotatable bonds is 5. The summed E-state index contributed by atoms with van der Waals surface area (Å²) in [5.74, 6) is -0.583. The predicted octanol–water partition coefficient (Wildman–Crippen LogP) is 0.690. The molecular formula is C11H15N3O5S. The maximum Gasteiger partial charge on any atom is 0.274 e. The van der Waals surface area contributed by atoms with E-state index in [-0.39, 0.29) is 11.1 Å². The average Bonchev–Trinajstić information content (AvgIpc) is 2.34. The molecule has 1 aromatic carbocycles. The number of benzene rings is 1. The molecule has 0 radical (unpaired) electrons. The fourth-order valence-corrected chi connectivity index (χ4v) is 2.45. The monoisotopic (exact) mass is 301 g/mol. The van der Waals surface area contributed by atoms with Crippen LogP contribution in [0.3, 0.4) is 0 Å². The number of nitro groups is 1. The van der Waals surface area contributed by atoms with Crippen LogP contribution in [0, 0.1) is 17.0 Å². The molecule has 0 aliphatic rings. The first-order valence-corrected chi connectivity index (χ1v) is 7.33. The zero-order valence-corrected chi connectivity index (χ0v) is 11.9. The van der Waals surface area contributed by atoms with Crippen LogP contribution in [-0.4, -0.2) is 25.8 Å². The number of nitrogens with one attached hydrogen (secondary N) is 1. The first-order chi connectivity index (χ1) is 9.18. The zero-order chi connectivity index (χ0) is 15.5. The van der Waals surface area contributed by atoms with Gasteiger partial charge in [0.1, 0.15) is 0 Å². The Hall–Kier alpha value is -2.00. The van der Waals surface area contributed by atoms with Crippen LogP contribution in [0.1, 0.15) is 29.3 Å². The SMILES string of the molecule is CCCNC(=O)c1cc([N+](=O)[O-])c(C)c(S(N)(=O)=O)c1. The second-order valence-corrected chi connectivity index (χ2v) is 5.71. The van der Waals surface area contributed by atoms with Gasteiger partial charge < -0.3 is 5.32 Å². The van der Waals surface area contributed by atoms with E-state index in [0.29, 0.717) is 13.0 Å². The Bertz CT molecular complexity index is 654. The van der Waals surface area contributed by atoms with Crippen LogP contribution in [0.4, 0.5) is 5.69 Å². The van der Waals surface area contributed by atoms with Crippen LogP contribution >= 0.6 is 0 Å². The fourth-order valence-electron chi connectivity index (χ4n) is 1.63. The predicted molar refractivity (Wildman–Crippen MR) is 71.8 cm³/mol. The maximum atomic E-state index is 11.8. The van der Waals surface area contributed by atoms with Crippen molar-refractivity contribution in [2.45, 2.75) is 25.2 Å². The van der Waals surface area contributed by atoms with Crippen molar-refractivity contribution in [1.29, 1.82) is 0 Å². The molecule has 3 N–H and O–H groups in total. The van der Waals surface area contributed by atoms with E-state index >= 15 is 0 Å². The lowest BCUT2D eigenvalue weighted by molar-refractivity contribution is -0.385. The van der Waals surface area contributed by atoms with Crippen molar-refractivity contribution in [3.63, 3.8) is 0 Å². The van der Waals surface area contributed by atoms with Crippen molar-refractivity contribution in [1.82, 2.24) is 5.32 Å². The summed E-state index contributed by atoms with van der Waals surface area (Å²) in [5.41, 5.74) is -0.664. The molecule has 0 saturated carbocycles. The Morgan fingerprint density at radius 1 is 1.45 bits per heavy atom. The minimum atomic E-state index is -4.15. The summed E-state index contributed by atoms with van der Waals surface area (Å²) in [6, 6.07) is 2.08. The Labute approximate surface area is 116 Å². The van der Waals surface area contributed by atoms with E-state index in [2.05, 4.69) is 5.32 Å². The molecule has 0 aromatic heterocycles. The Morgan fingerprint density at radius 2 is 2.05 bits per heavy atom. The van der Waals surface area contributed by atoms with Gasteiger partial charge in [-0.25, -0.2) is 13.6 Å². The lowest BCUT2D eigenvalue weighted by Gasteiger charge is -2.08. The first kappa shape index (κ1) is 16.1. The molecule has 8 nitrogen and oxygen atoms in total. The third-order valence-electron chi connectivity index (χ3n) is 2.63.